The van der Waals surface area contributed by atoms with Gasteiger partial charge in [-0.2, -0.15) is 0 Å². The molecule has 0 radical (unpaired) electrons. The van der Waals surface area contributed by atoms with E-state index in [-0.39, 0.29) is 35.8 Å². The number of ether oxygens (including phenoxy) is 1. The maximum Gasteiger partial charge on any atom is 0.259 e. The molecule has 4 rings (SSSR count). The Bertz CT molecular complexity index is 1300. The molecule has 3 aromatic rings. The Morgan fingerprint density at radius 3 is 2.42 bits per heavy atom. The Kier molecular flexibility index (Phi) is 6.37. The molecule has 7 nitrogen and oxygen atoms in total. The van der Waals surface area contributed by atoms with Crippen LogP contribution in [0, 0.1) is 13.8 Å². The minimum absolute atomic E-state index is 0.0946. The molecule has 2 aromatic carbocycles. The topological polar surface area (TPSA) is 94.5 Å². The van der Waals surface area contributed by atoms with Gasteiger partial charge in [0.1, 0.15) is 5.75 Å². The number of benzene rings is 2. The van der Waals surface area contributed by atoms with Crippen LogP contribution in [0.4, 0.5) is 5.69 Å². The fraction of sp³-hybridized carbons (Fsp3) is 0.280. The van der Waals surface area contributed by atoms with Crippen LogP contribution in [0.15, 0.2) is 60.7 Å². The lowest BCUT2D eigenvalue weighted by Gasteiger charge is -2.16. The number of nitrogens with one attached hydrogen (secondary N) is 1. The molecule has 1 aliphatic heterocycles. The van der Waals surface area contributed by atoms with E-state index >= 15 is 0 Å². The number of carbonyl (C=O) groups is 2. The largest absolute Gasteiger partial charge is 0.485 e. The van der Waals surface area contributed by atoms with Crippen LogP contribution < -0.4 is 10.1 Å². The van der Waals surface area contributed by atoms with Crippen molar-refractivity contribution in [1.29, 1.82) is 0 Å². The minimum Gasteiger partial charge on any atom is -0.485 e. The third-order valence-corrected chi connectivity index (χ3v) is 7.63. The molecule has 2 heterocycles. The summed E-state index contributed by atoms with van der Waals surface area (Å²) in [5.41, 5.74) is 3.08. The van der Waals surface area contributed by atoms with Crippen molar-refractivity contribution in [1.82, 2.24) is 4.57 Å². The zero-order chi connectivity index (χ0) is 23.6. The highest BCUT2D eigenvalue weighted by molar-refractivity contribution is 7.91. The summed E-state index contributed by atoms with van der Waals surface area (Å²) < 4.78 is 31.5. The number of hydrogen-bond acceptors (Lipinski definition) is 5. The monoisotopic (exact) mass is 466 g/mol. The Morgan fingerprint density at radius 2 is 1.73 bits per heavy atom. The first-order chi connectivity index (χ1) is 15.7. The van der Waals surface area contributed by atoms with Crippen LogP contribution in [0.2, 0.25) is 0 Å². The second kappa shape index (κ2) is 9.23. The van der Waals surface area contributed by atoms with Crippen molar-refractivity contribution < 1.29 is 22.7 Å². The first kappa shape index (κ1) is 22.8. The summed E-state index contributed by atoms with van der Waals surface area (Å²) in [6, 6.07) is 17.5. The van der Waals surface area contributed by atoms with Crippen LogP contribution in [0.25, 0.3) is 0 Å². The molecular formula is C25H26N2O5S. The van der Waals surface area contributed by atoms with Crippen molar-refractivity contribution in [2.45, 2.75) is 26.3 Å². The van der Waals surface area contributed by atoms with Gasteiger partial charge in [-0.15, -0.1) is 0 Å². The highest BCUT2D eigenvalue weighted by Crippen LogP contribution is 2.29. The molecule has 33 heavy (non-hydrogen) atoms. The lowest BCUT2D eigenvalue weighted by atomic mass is 10.1. The average molecular weight is 467 g/mol. The van der Waals surface area contributed by atoms with E-state index in [9.17, 15) is 18.0 Å². The highest BCUT2D eigenvalue weighted by Gasteiger charge is 2.31. The van der Waals surface area contributed by atoms with Crippen molar-refractivity contribution in [3.8, 4) is 5.75 Å². The summed E-state index contributed by atoms with van der Waals surface area (Å²) in [5, 5.41) is 2.82. The van der Waals surface area contributed by atoms with Crippen LogP contribution in [0.3, 0.4) is 0 Å². The number of para-hydroxylation sites is 2. The van der Waals surface area contributed by atoms with Crippen molar-refractivity contribution in [3.63, 3.8) is 0 Å². The summed E-state index contributed by atoms with van der Waals surface area (Å²) in [5.74, 6) is 0.0219. The number of aromatic nitrogens is 1. The molecule has 0 aliphatic carbocycles. The lowest BCUT2D eigenvalue weighted by molar-refractivity contribution is 0.0913. The third kappa shape index (κ3) is 5.01. The highest BCUT2D eigenvalue weighted by atomic mass is 32.2. The number of Topliss-reactive ketones (excluding diaryl/α,β-unsaturated/α-hetero) is 1. The number of aryl methyl sites for hydroxylation is 1. The van der Waals surface area contributed by atoms with Gasteiger partial charge in [-0.1, -0.05) is 30.3 Å². The van der Waals surface area contributed by atoms with E-state index in [4.69, 9.17) is 4.74 Å². The van der Waals surface area contributed by atoms with Crippen LogP contribution in [-0.2, 0) is 9.84 Å². The van der Waals surface area contributed by atoms with Gasteiger partial charge in [0, 0.05) is 28.7 Å². The number of rotatable bonds is 7. The van der Waals surface area contributed by atoms with E-state index in [0.717, 1.165) is 11.4 Å². The molecule has 1 atom stereocenters. The van der Waals surface area contributed by atoms with E-state index in [2.05, 4.69) is 5.32 Å². The van der Waals surface area contributed by atoms with Crippen molar-refractivity contribution in [2.24, 2.45) is 0 Å². The molecule has 1 aromatic heterocycles. The van der Waals surface area contributed by atoms with E-state index in [0.29, 0.717) is 29.0 Å². The normalized spacial score (nSPS) is 17.0. The quantitative estimate of drug-likeness (QED) is 0.532. The Balaban J connectivity index is 1.48. The molecule has 1 N–H and O–H groups in total. The SMILES string of the molecule is Cc1cc(C(=O)COc2ccccc2C(=O)Nc2ccccc2)c(C)n1[C@@H]1CCS(=O)(=O)C1. The fourth-order valence-corrected chi connectivity index (χ4v) is 6.02. The zero-order valence-corrected chi connectivity index (χ0v) is 19.4. The van der Waals surface area contributed by atoms with E-state index in [1.807, 2.05) is 36.6 Å². The van der Waals surface area contributed by atoms with E-state index < -0.39 is 9.84 Å². The molecule has 0 spiro atoms. The van der Waals surface area contributed by atoms with Gasteiger partial charge in [-0.3, -0.25) is 9.59 Å². The number of hydrogen-bond donors (Lipinski definition) is 1. The number of sulfone groups is 1. The van der Waals surface area contributed by atoms with Gasteiger partial charge in [0.25, 0.3) is 5.91 Å². The molecule has 0 saturated carbocycles. The Morgan fingerprint density at radius 1 is 1.03 bits per heavy atom. The predicted octanol–water partition coefficient (Wildman–Crippen LogP) is 3.98. The molecule has 0 bridgehead atoms. The van der Waals surface area contributed by atoms with E-state index in [1.54, 1.807) is 42.5 Å². The van der Waals surface area contributed by atoms with Crippen molar-refractivity contribution in [3.05, 3.63) is 83.2 Å². The molecular weight excluding hydrogens is 440 g/mol. The second-order valence-corrected chi connectivity index (χ2v) is 10.5. The number of anilines is 1. The van der Waals surface area contributed by atoms with Gasteiger partial charge >= 0.3 is 0 Å². The van der Waals surface area contributed by atoms with Gasteiger partial charge in [-0.25, -0.2) is 8.42 Å². The van der Waals surface area contributed by atoms with Gasteiger partial charge in [-0.05, 0) is 50.6 Å². The van der Waals surface area contributed by atoms with Crippen molar-refractivity contribution >= 4 is 27.2 Å². The van der Waals surface area contributed by atoms with Gasteiger partial charge < -0.3 is 14.6 Å². The predicted molar refractivity (Wildman–Crippen MR) is 127 cm³/mol. The van der Waals surface area contributed by atoms with E-state index in [1.165, 1.54) is 0 Å². The first-order valence-corrected chi connectivity index (χ1v) is 12.6. The molecule has 8 heteroatoms. The minimum atomic E-state index is -3.04. The van der Waals surface area contributed by atoms with Crippen molar-refractivity contribution in [2.75, 3.05) is 23.4 Å². The molecule has 1 amide bonds. The van der Waals surface area contributed by atoms with Crippen LogP contribution >= 0.6 is 0 Å². The number of amides is 1. The van der Waals surface area contributed by atoms with Crippen LogP contribution in [0.5, 0.6) is 5.75 Å². The molecule has 1 aliphatic rings. The van der Waals surface area contributed by atoms with Gasteiger partial charge in [0.2, 0.25) is 5.78 Å². The summed E-state index contributed by atoms with van der Waals surface area (Å²) in [7, 11) is -3.04. The molecule has 1 saturated heterocycles. The van der Waals surface area contributed by atoms with Crippen LogP contribution in [0.1, 0.15) is 44.6 Å². The number of ketones is 1. The summed E-state index contributed by atoms with van der Waals surface area (Å²) >= 11 is 0. The molecule has 0 unspecified atom stereocenters. The Labute approximate surface area is 193 Å². The summed E-state index contributed by atoms with van der Waals surface area (Å²) in [6.07, 6.45) is 0.548. The summed E-state index contributed by atoms with van der Waals surface area (Å²) in [4.78, 5) is 25.7. The third-order valence-electron chi connectivity index (χ3n) is 5.88. The number of carbonyl (C=O) groups excluding carboxylic acids is 2. The smallest absolute Gasteiger partial charge is 0.259 e. The number of nitrogens with zero attached hydrogens (tertiary/aromatic N) is 1. The Hall–Kier alpha value is -3.39. The molecule has 1 fully saturated rings. The zero-order valence-electron chi connectivity index (χ0n) is 18.6. The lowest BCUT2D eigenvalue weighted by Crippen LogP contribution is -2.18. The average Bonchev–Trinajstić information content (AvgIpc) is 3.30. The van der Waals surface area contributed by atoms with Gasteiger partial charge in [0.05, 0.1) is 17.1 Å². The second-order valence-electron chi connectivity index (χ2n) is 8.24. The van der Waals surface area contributed by atoms with Crippen LogP contribution in [-0.4, -0.2) is 42.8 Å². The fourth-order valence-electron chi connectivity index (χ4n) is 4.32. The maximum absolute atomic E-state index is 13.0. The maximum atomic E-state index is 13.0. The molecule has 172 valence electrons. The summed E-state index contributed by atoms with van der Waals surface area (Å²) in [6.45, 7) is 3.47. The van der Waals surface area contributed by atoms with Gasteiger partial charge in [0.15, 0.2) is 16.4 Å². The first-order valence-electron chi connectivity index (χ1n) is 10.8. The standard InChI is InChI=1S/C25H26N2O5S/c1-17-14-22(18(2)27(17)20-12-13-33(30,31)16-20)23(28)15-32-24-11-7-6-10-21(24)25(29)26-19-8-4-3-5-9-19/h3-11,14,20H,12-13,15-16H2,1-2H3,(H,26,29)/t20-/m1/s1.